The smallest absolute Gasteiger partial charge is 0.344 e. The highest BCUT2D eigenvalue weighted by molar-refractivity contribution is 5.88. The Morgan fingerprint density at radius 2 is 1.88 bits per heavy atom. The summed E-state index contributed by atoms with van der Waals surface area (Å²) in [5, 5.41) is 20.1. The third kappa shape index (κ3) is 3.32. The van der Waals surface area contributed by atoms with Gasteiger partial charge in [-0.2, -0.15) is 0 Å². The number of hydrogen-bond acceptors (Lipinski definition) is 7. The van der Waals surface area contributed by atoms with Gasteiger partial charge in [-0.25, -0.2) is 4.79 Å². The van der Waals surface area contributed by atoms with Crippen LogP contribution in [0, 0.1) is 0 Å². The molecule has 0 aliphatic heterocycles. The van der Waals surface area contributed by atoms with Gasteiger partial charge in [0.05, 0.1) is 6.61 Å². The molecule has 134 valence electrons. The molecule has 0 amide bonds. The van der Waals surface area contributed by atoms with E-state index in [4.69, 9.17) is 13.9 Å². The molecular formula is C19H16O7. The standard InChI is InChI=1S/C19H16O7/c1-2-24-15(21)10-25-12-8-13(20)16-14(9-12)26-19(18(23)17(16)22)11-6-4-3-5-7-11/h3-9,20,23H,2,10H2,1H3. The molecule has 0 spiro atoms. The molecular weight excluding hydrogens is 340 g/mol. The van der Waals surface area contributed by atoms with Crippen LogP contribution in [0.2, 0.25) is 0 Å². The monoisotopic (exact) mass is 356 g/mol. The highest BCUT2D eigenvalue weighted by Gasteiger charge is 2.19. The highest BCUT2D eigenvalue weighted by atomic mass is 16.6. The van der Waals surface area contributed by atoms with Crippen LogP contribution in [-0.2, 0) is 9.53 Å². The Bertz CT molecular complexity index is 1010. The Balaban J connectivity index is 2.07. The number of carbonyl (C=O) groups excluding carboxylic acids is 1. The quantitative estimate of drug-likeness (QED) is 0.677. The number of hydrogen-bond donors (Lipinski definition) is 2. The highest BCUT2D eigenvalue weighted by Crippen LogP contribution is 2.35. The second-order valence-electron chi connectivity index (χ2n) is 5.38. The number of phenolic OH excluding ortho intramolecular Hbond substituents is 1. The third-order valence-corrected chi connectivity index (χ3v) is 3.62. The summed E-state index contributed by atoms with van der Waals surface area (Å²) in [5.41, 5.74) is -0.244. The van der Waals surface area contributed by atoms with E-state index < -0.39 is 22.9 Å². The summed E-state index contributed by atoms with van der Waals surface area (Å²) in [5.74, 6) is -1.49. The lowest BCUT2D eigenvalue weighted by atomic mass is 10.1. The molecule has 0 saturated carbocycles. The minimum atomic E-state index is -0.764. The van der Waals surface area contributed by atoms with Gasteiger partial charge in [-0.1, -0.05) is 30.3 Å². The Labute approximate surface area is 148 Å². The molecule has 0 fully saturated rings. The third-order valence-electron chi connectivity index (χ3n) is 3.62. The lowest BCUT2D eigenvalue weighted by molar-refractivity contribution is -0.145. The van der Waals surface area contributed by atoms with Gasteiger partial charge in [-0.05, 0) is 6.92 Å². The number of phenols is 1. The van der Waals surface area contributed by atoms with Gasteiger partial charge in [0.2, 0.25) is 11.2 Å². The molecule has 0 atom stereocenters. The molecule has 0 aliphatic rings. The molecule has 26 heavy (non-hydrogen) atoms. The van der Waals surface area contributed by atoms with Crippen LogP contribution in [0.25, 0.3) is 22.3 Å². The van der Waals surface area contributed by atoms with Crippen LogP contribution in [0.1, 0.15) is 6.92 Å². The number of carbonyl (C=O) groups is 1. The van der Waals surface area contributed by atoms with Crippen LogP contribution in [0.15, 0.2) is 51.7 Å². The van der Waals surface area contributed by atoms with Gasteiger partial charge in [0.25, 0.3) is 0 Å². The number of esters is 1. The summed E-state index contributed by atoms with van der Waals surface area (Å²) in [6.07, 6.45) is 0. The Morgan fingerprint density at radius 1 is 1.15 bits per heavy atom. The van der Waals surface area contributed by atoms with E-state index in [1.54, 1.807) is 37.3 Å². The molecule has 1 aromatic heterocycles. The van der Waals surface area contributed by atoms with Crippen LogP contribution < -0.4 is 10.2 Å². The molecule has 7 nitrogen and oxygen atoms in total. The topological polar surface area (TPSA) is 106 Å². The van der Waals surface area contributed by atoms with Crippen molar-refractivity contribution in [2.24, 2.45) is 0 Å². The van der Waals surface area contributed by atoms with E-state index >= 15 is 0 Å². The minimum absolute atomic E-state index is 0.0190. The zero-order chi connectivity index (χ0) is 18.7. The van der Waals surface area contributed by atoms with E-state index in [-0.39, 0.29) is 35.7 Å². The molecule has 2 aromatic carbocycles. The van der Waals surface area contributed by atoms with Crippen LogP contribution in [0.3, 0.4) is 0 Å². The van der Waals surface area contributed by atoms with Gasteiger partial charge < -0.3 is 24.1 Å². The SMILES string of the molecule is CCOC(=O)COc1cc(O)c2c(=O)c(O)c(-c3ccccc3)oc2c1. The lowest BCUT2D eigenvalue weighted by Crippen LogP contribution is -2.14. The maximum absolute atomic E-state index is 12.4. The summed E-state index contributed by atoms with van der Waals surface area (Å²) in [4.78, 5) is 23.8. The largest absolute Gasteiger partial charge is 0.507 e. The van der Waals surface area contributed by atoms with E-state index in [0.29, 0.717) is 5.56 Å². The number of aromatic hydroxyl groups is 2. The molecule has 3 aromatic rings. The van der Waals surface area contributed by atoms with Gasteiger partial charge in [-0.15, -0.1) is 0 Å². The predicted molar refractivity (Wildman–Crippen MR) is 93.4 cm³/mol. The zero-order valence-electron chi connectivity index (χ0n) is 13.9. The number of ether oxygens (including phenoxy) is 2. The Morgan fingerprint density at radius 3 is 2.58 bits per heavy atom. The molecule has 0 aliphatic carbocycles. The average molecular weight is 356 g/mol. The van der Waals surface area contributed by atoms with Crippen molar-refractivity contribution < 1.29 is 28.9 Å². The number of benzene rings is 2. The van der Waals surface area contributed by atoms with Crippen molar-refractivity contribution in [1.29, 1.82) is 0 Å². The van der Waals surface area contributed by atoms with E-state index in [9.17, 15) is 19.8 Å². The summed E-state index contributed by atoms with van der Waals surface area (Å²) in [6.45, 7) is 1.54. The van der Waals surface area contributed by atoms with Gasteiger partial charge in [-0.3, -0.25) is 4.79 Å². The first-order chi connectivity index (χ1) is 12.5. The van der Waals surface area contributed by atoms with Gasteiger partial charge in [0, 0.05) is 17.7 Å². The normalized spacial score (nSPS) is 10.7. The lowest BCUT2D eigenvalue weighted by Gasteiger charge is -2.10. The maximum atomic E-state index is 12.4. The fourth-order valence-corrected chi connectivity index (χ4v) is 2.48. The van der Waals surface area contributed by atoms with E-state index in [2.05, 4.69) is 0 Å². The second kappa shape index (κ2) is 7.18. The summed E-state index contributed by atoms with van der Waals surface area (Å²) in [6, 6.07) is 11.1. The fraction of sp³-hybridized carbons (Fsp3) is 0.158. The first kappa shape index (κ1) is 17.3. The average Bonchev–Trinajstić information content (AvgIpc) is 2.63. The second-order valence-corrected chi connectivity index (χ2v) is 5.38. The fourth-order valence-electron chi connectivity index (χ4n) is 2.48. The van der Waals surface area contributed by atoms with Gasteiger partial charge in [0.15, 0.2) is 12.4 Å². The van der Waals surface area contributed by atoms with E-state index in [0.717, 1.165) is 0 Å². The van der Waals surface area contributed by atoms with Crippen molar-refractivity contribution in [3.63, 3.8) is 0 Å². The molecule has 3 rings (SSSR count). The van der Waals surface area contributed by atoms with Gasteiger partial charge >= 0.3 is 5.97 Å². The van der Waals surface area contributed by atoms with Crippen molar-refractivity contribution in [3.05, 3.63) is 52.7 Å². The van der Waals surface area contributed by atoms with Crippen LogP contribution in [0.4, 0.5) is 0 Å². The van der Waals surface area contributed by atoms with Crippen LogP contribution in [-0.4, -0.2) is 29.4 Å². The molecule has 0 saturated heterocycles. The van der Waals surface area contributed by atoms with Crippen molar-refractivity contribution in [1.82, 2.24) is 0 Å². The van der Waals surface area contributed by atoms with Crippen molar-refractivity contribution in [2.45, 2.75) is 6.92 Å². The summed E-state index contributed by atoms with van der Waals surface area (Å²) in [7, 11) is 0. The van der Waals surface area contributed by atoms with Crippen LogP contribution in [0.5, 0.6) is 17.2 Å². The number of rotatable bonds is 5. The summed E-state index contributed by atoms with van der Waals surface area (Å²) >= 11 is 0. The minimum Gasteiger partial charge on any atom is -0.507 e. The van der Waals surface area contributed by atoms with E-state index in [1.165, 1.54) is 12.1 Å². The van der Waals surface area contributed by atoms with Crippen molar-refractivity contribution >= 4 is 16.9 Å². The van der Waals surface area contributed by atoms with Gasteiger partial charge in [0.1, 0.15) is 22.5 Å². The molecule has 7 heteroatoms. The molecule has 0 unspecified atom stereocenters. The molecule has 0 radical (unpaired) electrons. The van der Waals surface area contributed by atoms with Crippen molar-refractivity contribution in [3.8, 4) is 28.6 Å². The molecule has 0 bridgehead atoms. The molecule has 2 N–H and O–H groups in total. The Hall–Kier alpha value is -3.48. The van der Waals surface area contributed by atoms with E-state index in [1.807, 2.05) is 0 Å². The zero-order valence-corrected chi connectivity index (χ0v) is 13.9. The first-order valence-electron chi connectivity index (χ1n) is 7.88. The van der Waals surface area contributed by atoms with Crippen molar-refractivity contribution in [2.75, 3.05) is 13.2 Å². The predicted octanol–water partition coefficient (Wildman–Crippen LogP) is 2.81. The molecule has 1 heterocycles. The summed E-state index contributed by atoms with van der Waals surface area (Å²) < 4.78 is 15.7. The first-order valence-corrected chi connectivity index (χ1v) is 7.88. The van der Waals surface area contributed by atoms with Crippen LogP contribution >= 0.6 is 0 Å². The Kier molecular flexibility index (Phi) is 4.79. The maximum Gasteiger partial charge on any atom is 0.344 e. The number of fused-ring (bicyclic) bond motifs is 1.